The molecule has 5 rings (SSSR count). The number of halogens is 3. The van der Waals surface area contributed by atoms with Crippen molar-refractivity contribution >= 4 is 112 Å². The van der Waals surface area contributed by atoms with Gasteiger partial charge in [0.15, 0.2) is 0 Å². The van der Waals surface area contributed by atoms with Crippen LogP contribution in [0.25, 0.3) is 0 Å². The molecule has 0 unspecified atom stereocenters. The SMILES string of the molecule is CC(C)[C@@H]1NC(=O)[C@H](Cc2ccccc2)NC(=O)CSC[C@@H](C(=O)NCC(N)=O)NC(=O)[C@@H]2CCCN2C(=O)[C@H](CO)NC(=O)[C@H](CCC(=O)O)NC(=O)[C@H](C)N(C)C(=O)[C@H](Cc2ccc(C(F)(F)F)cc2)NC(=O)[C@H](Cc2ccccc2)N(C)C(=O)[C@H](CO)NC(=O)[C@H]([C@@H](C)O)NC(=O)[C@H]([C@@H](C)O)NC(=O)[C@H](CC(=O)O)NC1=O. The molecule has 0 radical (unpaired) electrons. The van der Waals surface area contributed by atoms with Gasteiger partial charge in [0.2, 0.25) is 88.6 Å². The molecule has 15 amide bonds. The highest BCUT2D eigenvalue weighted by molar-refractivity contribution is 8.00. The number of carboxylic acids is 2. The third kappa shape index (κ3) is 28.6. The number of hydrogen-bond donors (Lipinski definition) is 18. The molecule has 2 saturated heterocycles. The van der Waals surface area contributed by atoms with Crippen molar-refractivity contribution < 1.29 is 125 Å². The first kappa shape index (κ1) is 94.2. The van der Waals surface area contributed by atoms with Gasteiger partial charge in [0.25, 0.3) is 0 Å². The van der Waals surface area contributed by atoms with Gasteiger partial charge in [-0.2, -0.15) is 13.2 Å². The molecule has 115 heavy (non-hydrogen) atoms. The van der Waals surface area contributed by atoms with E-state index in [1.54, 1.807) is 48.5 Å². The molecule has 38 nitrogen and oxygen atoms in total. The maximum absolute atomic E-state index is 15.0. The molecule has 0 aliphatic carbocycles. The lowest BCUT2D eigenvalue weighted by Gasteiger charge is -2.34. The summed E-state index contributed by atoms with van der Waals surface area (Å²) in [4.78, 5) is 239. The van der Waals surface area contributed by atoms with Gasteiger partial charge in [0.1, 0.15) is 78.5 Å². The molecule has 0 aromatic heterocycles. The number of carbonyl (C=O) groups excluding carboxylic acids is 15. The van der Waals surface area contributed by atoms with Crippen molar-refractivity contribution in [2.24, 2.45) is 11.7 Å². The van der Waals surface area contributed by atoms with Crippen LogP contribution in [0.2, 0.25) is 0 Å². The third-order valence-electron chi connectivity index (χ3n) is 18.7. The maximum Gasteiger partial charge on any atom is 0.416 e. The van der Waals surface area contributed by atoms with Gasteiger partial charge in [0.05, 0.1) is 49.7 Å². The summed E-state index contributed by atoms with van der Waals surface area (Å²) in [5, 5.41) is 88.5. The van der Waals surface area contributed by atoms with E-state index in [2.05, 4.69) is 58.5 Å². The molecule has 2 aliphatic rings. The van der Waals surface area contributed by atoms with Gasteiger partial charge in [-0.25, -0.2) is 0 Å². The number of nitrogens with one attached hydrogen (secondary N) is 11. The number of carboxylic acid groups (broad SMARTS) is 2. The number of aliphatic hydroxyl groups excluding tert-OH is 4. The molecule has 0 saturated carbocycles. The molecule has 2 aliphatic heterocycles. The lowest BCUT2D eigenvalue weighted by molar-refractivity contribution is -0.146. The number of nitrogens with two attached hydrogens (primary N) is 1. The average molecular weight is 1640 g/mol. The predicted molar refractivity (Wildman–Crippen MR) is 399 cm³/mol. The molecule has 15 atom stereocenters. The van der Waals surface area contributed by atoms with E-state index in [0.29, 0.717) is 35.0 Å². The van der Waals surface area contributed by atoms with Crippen LogP contribution in [0, 0.1) is 5.92 Å². The molecule has 2 heterocycles. The van der Waals surface area contributed by atoms with Crippen molar-refractivity contribution in [1.82, 2.24) is 73.2 Å². The van der Waals surface area contributed by atoms with Gasteiger partial charge in [-0.1, -0.05) is 86.6 Å². The number of hydrogen-bond acceptors (Lipinski definition) is 22. The molecule has 0 bridgehead atoms. The van der Waals surface area contributed by atoms with E-state index in [0.717, 1.165) is 61.7 Å². The molecular formula is C73H98F3N15O23S. The first-order chi connectivity index (χ1) is 54.1. The largest absolute Gasteiger partial charge is 0.481 e. The normalized spacial score (nSPS) is 25.4. The second-order valence-corrected chi connectivity index (χ2v) is 28.9. The van der Waals surface area contributed by atoms with Crippen LogP contribution in [0.15, 0.2) is 84.9 Å². The highest BCUT2D eigenvalue weighted by Gasteiger charge is 2.44. The Labute approximate surface area is 661 Å². The van der Waals surface area contributed by atoms with Crippen molar-refractivity contribution in [3.63, 3.8) is 0 Å². The number of primary amides is 1. The minimum Gasteiger partial charge on any atom is -0.481 e. The van der Waals surface area contributed by atoms with E-state index in [-0.39, 0.29) is 31.4 Å². The molecule has 3 aromatic rings. The summed E-state index contributed by atoms with van der Waals surface area (Å²) in [7, 11) is 2.06. The van der Waals surface area contributed by atoms with Crippen LogP contribution in [0.1, 0.15) is 89.0 Å². The van der Waals surface area contributed by atoms with E-state index >= 15 is 4.79 Å². The number of alkyl halides is 3. The maximum atomic E-state index is 15.0. The molecular weight excluding hydrogens is 1540 g/mol. The number of aliphatic carboxylic acids is 2. The highest BCUT2D eigenvalue weighted by atomic mass is 32.2. The van der Waals surface area contributed by atoms with Crippen LogP contribution in [-0.2, 0) is 107 Å². The quantitative estimate of drug-likeness (QED) is 0.0532. The van der Waals surface area contributed by atoms with Crippen LogP contribution in [0.5, 0.6) is 0 Å². The summed E-state index contributed by atoms with van der Waals surface area (Å²) >= 11 is 0.710. The molecule has 19 N–H and O–H groups in total. The Morgan fingerprint density at radius 1 is 0.539 bits per heavy atom. The number of amides is 15. The van der Waals surface area contributed by atoms with Crippen LogP contribution in [0.4, 0.5) is 13.2 Å². The second kappa shape index (κ2) is 44.3. The summed E-state index contributed by atoms with van der Waals surface area (Å²) in [5.41, 5.74) is 4.94. The summed E-state index contributed by atoms with van der Waals surface area (Å²) in [5.74, 6) is -22.9. The summed E-state index contributed by atoms with van der Waals surface area (Å²) in [6.45, 7) is 2.50. The van der Waals surface area contributed by atoms with Crippen molar-refractivity contribution in [1.29, 1.82) is 0 Å². The predicted octanol–water partition coefficient (Wildman–Crippen LogP) is -5.66. The van der Waals surface area contributed by atoms with Crippen LogP contribution < -0.4 is 64.2 Å². The van der Waals surface area contributed by atoms with Gasteiger partial charge in [0, 0.05) is 52.1 Å². The second-order valence-electron chi connectivity index (χ2n) is 27.8. The zero-order chi connectivity index (χ0) is 85.9. The number of benzene rings is 3. The van der Waals surface area contributed by atoms with Crippen LogP contribution in [0.3, 0.4) is 0 Å². The first-order valence-electron chi connectivity index (χ1n) is 36.3. The smallest absolute Gasteiger partial charge is 0.416 e. The summed E-state index contributed by atoms with van der Waals surface area (Å²) in [6, 6.07) is -5.00. The Morgan fingerprint density at radius 2 is 1.01 bits per heavy atom. The molecule has 3 aromatic carbocycles. The van der Waals surface area contributed by atoms with Gasteiger partial charge in [-0.15, -0.1) is 11.8 Å². The minimum atomic E-state index is -4.85. The average Bonchev–Trinajstić information content (AvgIpc) is 1.56. The van der Waals surface area contributed by atoms with Crippen LogP contribution in [-0.4, -0.2) is 289 Å². The number of likely N-dealkylation sites (N-methyl/N-ethyl adjacent to an activating group) is 2. The van der Waals surface area contributed by atoms with E-state index in [1.807, 2.05) is 0 Å². The van der Waals surface area contributed by atoms with Crippen molar-refractivity contribution in [3.8, 4) is 0 Å². The van der Waals surface area contributed by atoms with Crippen molar-refractivity contribution in [2.45, 2.75) is 183 Å². The monoisotopic (exact) mass is 1640 g/mol. The van der Waals surface area contributed by atoms with Gasteiger partial charge >= 0.3 is 18.1 Å². The van der Waals surface area contributed by atoms with E-state index < -0.39 is 272 Å². The zero-order valence-corrected chi connectivity index (χ0v) is 64.6. The fraction of sp³-hybridized carbons (Fsp3) is 0.521. The number of nitrogens with zero attached hydrogens (tertiary/aromatic N) is 3. The topological polar surface area (TPSA) is 580 Å². The Morgan fingerprint density at radius 3 is 1.55 bits per heavy atom. The zero-order valence-electron chi connectivity index (χ0n) is 63.8. The molecule has 0 spiro atoms. The Bertz CT molecular complexity index is 3980. The molecule has 630 valence electrons. The van der Waals surface area contributed by atoms with E-state index in [1.165, 1.54) is 26.0 Å². The lowest BCUT2D eigenvalue weighted by Crippen LogP contribution is -2.64. The number of aliphatic hydroxyl groups is 4. The minimum absolute atomic E-state index is 0.0292. The molecule has 2 fully saturated rings. The number of thioether (sulfide) groups is 1. The standard InChI is InChI=1S/C73H98F3N15O23S/c1-36(2)57-67(109)81-46(30-56(100)101)64(106)87-59(39(5)95)69(111)88-58(38(4)94)68(110)84-48(32-92)71(113)90(7)52(29-41-17-12-9-13-18-41)66(108)82-47(28-42-20-22-43(23-21-42)73(74,75)76)70(112)89(6)37(3)60(102)80-44(24-25-55(98)99)62(104)83-49(33-93)72(114)91-26-14-19-51(91)65(107)85-50(61(103)78-31-53(77)96)34-115-35-54(97)79-45(63(105)86-57)27-40-15-10-8-11-16-40/h8-13,15-18,20-23,36-39,44-52,57-59,92-95H,14,19,24-35H2,1-7H3,(H2,77,96)(H,78,103)(H,79,97)(H,80,102)(H,81,109)(H,82,108)(H,83,104)(H,84,110)(H,85,107)(H,86,105)(H,87,106)(H,88,111)(H,98,99)(H,100,101)/t37-,38+,39+,44-,45-,46-,47-,48-,49-,50-,51-,52-,57-,58-,59-/m0/s1. The Hall–Kier alpha value is -11.4. The third-order valence-corrected chi connectivity index (χ3v) is 19.7. The lowest BCUT2D eigenvalue weighted by atomic mass is 10.00. The highest BCUT2D eigenvalue weighted by Crippen LogP contribution is 2.30. The summed E-state index contributed by atoms with van der Waals surface area (Å²) < 4.78 is 41.6. The molecule has 42 heteroatoms. The van der Waals surface area contributed by atoms with Gasteiger partial charge in [-0.05, 0) is 74.8 Å². The summed E-state index contributed by atoms with van der Waals surface area (Å²) in [6.07, 6.45) is -12.8. The fourth-order valence-corrected chi connectivity index (χ4v) is 12.9. The Balaban J connectivity index is 1.61. The fourth-order valence-electron chi connectivity index (χ4n) is 12.1. The van der Waals surface area contributed by atoms with Crippen molar-refractivity contribution in [2.75, 3.05) is 51.9 Å². The van der Waals surface area contributed by atoms with Crippen molar-refractivity contribution in [3.05, 3.63) is 107 Å². The van der Waals surface area contributed by atoms with Gasteiger partial charge < -0.3 is 110 Å². The first-order valence-corrected chi connectivity index (χ1v) is 37.5. The van der Waals surface area contributed by atoms with E-state index in [4.69, 9.17) is 5.73 Å². The van der Waals surface area contributed by atoms with E-state index in [9.17, 15) is 121 Å². The Kier molecular flexibility index (Phi) is 36.3. The van der Waals surface area contributed by atoms with Gasteiger partial charge in [-0.3, -0.25) is 81.5 Å². The number of fused-ring (bicyclic) bond motifs is 1. The number of rotatable bonds is 19. The number of carbonyl (C=O) groups is 17. The van der Waals surface area contributed by atoms with Crippen LogP contribution >= 0.6 is 11.8 Å².